The summed E-state index contributed by atoms with van der Waals surface area (Å²) in [6.07, 6.45) is 4.84. The second kappa shape index (κ2) is 7.72. The first kappa shape index (κ1) is 18.2. The largest absolute Gasteiger partial charge is 0.465 e. The molecule has 3 rings (SSSR count). The molecule has 8 heteroatoms. The van der Waals surface area contributed by atoms with Crippen molar-refractivity contribution in [1.29, 1.82) is 0 Å². The molecule has 132 valence electrons. The number of benzene rings is 1. The van der Waals surface area contributed by atoms with E-state index < -0.39 is 5.97 Å². The highest BCUT2D eigenvalue weighted by Crippen LogP contribution is 2.34. The maximum absolute atomic E-state index is 12.5. The van der Waals surface area contributed by atoms with Crippen LogP contribution in [-0.2, 0) is 9.53 Å². The molecular formula is C18H14ClN3O3S. The summed E-state index contributed by atoms with van der Waals surface area (Å²) in [5.41, 5.74) is 1.80. The van der Waals surface area contributed by atoms with Crippen LogP contribution in [0.15, 0.2) is 52.6 Å². The summed E-state index contributed by atoms with van der Waals surface area (Å²) < 4.78 is 4.67. The van der Waals surface area contributed by atoms with Crippen molar-refractivity contribution in [2.75, 3.05) is 14.2 Å². The Labute approximate surface area is 159 Å². The second-order valence-corrected chi connectivity index (χ2v) is 6.73. The average Bonchev–Trinajstić information content (AvgIpc) is 2.91. The lowest BCUT2D eigenvalue weighted by Gasteiger charge is -2.07. The van der Waals surface area contributed by atoms with Crippen molar-refractivity contribution in [3.63, 3.8) is 0 Å². The molecule has 0 radical (unpaired) electrons. The summed E-state index contributed by atoms with van der Waals surface area (Å²) in [6, 6.07) is 8.49. The Morgan fingerprint density at radius 1 is 1.31 bits per heavy atom. The number of esters is 1. The lowest BCUT2D eigenvalue weighted by Crippen LogP contribution is -2.23. The number of likely N-dealkylation sites (N-methyl/N-ethyl adjacent to an activating group) is 1. The topological polar surface area (TPSA) is 71.9 Å². The molecule has 1 aromatic carbocycles. The van der Waals surface area contributed by atoms with E-state index in [1.165, 1.54) is 30.0 Å². The summed E-state index contributed by atoms with van der Waals surface area (Å²) in [6.45, 7) is 0. The quantitative estimate of drug-likeness (QED) is 0.592. The molecule has 0 unspecified atom stereocenters. The van der Waals surface area contributed by atoms with Gasteiger partial charge in [-0.3, -0.25) is 14.7 Å². The number of amides is 1. The van der Waals surface area contributed by atoms with Crippen LogP contribution >= 0.6 is 23.4 Å². The van der Waals surface area contributed by atoms with E-state index in [1.807, 2.05) is 0 Å². The number of methoxy groups -OCH3 is 1. The third-order valence-corrected chi connectivity index (χ3v) is 4.95. The van der Waals surface area contributed by atoms with Crippen molar-refractivity contribution in [2.24, 2.45) is 4.99 Å². The minimum Gasteiger partial charge on any atom is -0.465 e. The first-order valence-corrected chi connectivity index (χ1v) is 8.73. The molecule has 2 aromatic rings. The normalized spacial score (nSPS) is 17.2. The van der Waals surface area contributed by atoms with Gasteiger partial charge in [0, 0.05) is 19.4 Å². The number of pyridine rings is 1. The maximum atomic E-state index is 12.5. The van der Waals surface area contributed by atoms with Crippen LogP contribution in [0, 0.1) is 0 Å². The van der Waals surface area contributed by atoms with Crippen molar-refractivity contribution >= 4 is 52.2 Å². The van der Waals surface area contributed by atoms with Crippen molar-refractivity contribution in [3.05, 3.63) is 63.8 Å². The Bertz CT molecular complexity index is 926. The van der Waals surface area contributed by atoms with Gasteiger partial charge in [0.25, 0.3) is 5.91 Å². The van der Waals surface area contributed by atoms with Crippen LogP contribution in [0.1, 0.15) is 15.9 Å². The van der Waals surface area contributed by atoms with Gasteiger partial charge < -0.3 is 4.74 Å². The minimum atomic E-state index is -0.404. The molecule has 6 nitrogen and oxygen atoms in total. The van der Waals surface area contributed by atoms with Crippen molar-refractivity contribution in [2.45, 2.75) is 0 Å². The molecule has 1 aliphatic heterocycles. The highest BCUT2D eigenvalue weighted by molar-refractivity contribution is 8.18. The number of carbonyl (C=O) groups excluding carboxylic acids is 2. The highest BCUT2D eigenvalue weighted by atomic mass is 35.5. The van der Waals surface area contributed by atoms with Crippen LogP contribution in [0.2, 0.25) is 5.02 Å². The van der Waals surface area contributed by atoms with Crippen LogP contribution in [0.4, 0.5) is 5.69 Å². The molecule has 1 aromatic heterocycles. The zero-order chi connectivity index (χ0) is 18.7. The van der Waals surface area contributed by atoms with E-state index in [4.69, 9.17) is 11.6 Å². The van der Waals surface area contributed by atoms with Crippen LogP contribution in [-0.4, -0.2) is 41.1 Å². The lowest BCUT2D eigenvalue weighted by molar-refractivity contribution is -0.121. The number of rotatable bonds is 3. The number of carbonyl (C=O) groups is 2. The van der Waals surface area contributed by atoms with Crippen molar-refractivity contribution < 1.29 is 14.3 Å². The van der Waals surface area contributed by atoms with Gasteiger partial charge in [-0.1, -0.05) is 23.7 Å². The number of aliphatic imine (C=N–C) groups is 1. The minimum absolute atomic E-state index is 0.157. The summed E-state index contributed by atoms with van der Waals surface area (Å²) in [4.78, 5) is 34.3. The van der Waals surface area contributed by atoms with E-state index >= 15 is 0 Å². The molecule has 0 spiro atoms. The van der Waals surface area contributed by atoms with Crippen LogP contribution in [0.3, 0.4) is 0 Å². The lowest BCUT2D eigenvalue weighted by atomic mass is 10.1. The van der Waals surface area contributed by atoms with Gasteiger partial charge in [-0.05, 0) is 41.6 Å². The number of thioether (sulfide) groups is 1. The summed E-state index contributed by atoms with van der Waals surface area (Å²) >= 11 is 7.33. The Morgan fingerprint density at radius 2 is 2.04 bits per heavy atom. The van der Waals surface area contributed by atoms with Gasteiger partial charge in [0.05, 0.1) is 28.3 Å². The average molecular weight is 388 g/mol. The van der Waals surface area contributed by atoms with Gasteiger partial charge in [0.2, 0.25) is 0 Å². The maximum Gasteiger partial charge on any atom is 0.337 e. The summed E-state index contributed by atoms with van der Waals surface area (Å²) in [5.74, 6) is -0.560. The van der Waals surface area contributed by atoms with Crippen molar-refractivity contribution in [3.8, 4) is 0 Å². The van der Waals surface area contributed by atoms with Gasteiger partial charge in [-0.2, -0.15) is 0 Å². The number of hydrogen-bond donors (Lipinski definition) is 0. The molecule has 0 N–H and O–H groups in total. The fourth-order valence-electron chi connectivity index (χ4n) is 2.20. The number of amidine groups is 1. The van der Waals surface area contributed by atoms with Crippen LogP contribution in [0.25, 0.3) is 6.08 Å². The summed E-state index contributed by atoms with van der Waals surface area (Å²) in [7, 11) is 2.99. The number of hydrogen-bond acceptors (Lipinski definition) is 6. The fraction of sp³-hybridized carbons (Fsp3) is 0.111. The van der Waals surface area contributed by atoms with E-state index in [1.54, 1.807) is 49.7 Å². The van der Waals surface area contributed by atoms with E-state index in [0.717, 1.165) is 5.56 Å². The van der Waals surface area contributed by atoms with Crippen molar-refractivity contribution in [1.82, 2.24) is 9.88 Å². The molecule has 0 aliphatic carbocycles. The predicted molar refractivity (Wildman–Crippen MR) is 102 cm³/mol. The number of nitrogens with zero attached hydrogens (tertiary/aromatic N) is 3. The highest BCUT2D eigenvalue weighted by Gasteiger charge is 2.30. The molecule has 0 bridgehead atoms. The molecule has 1 fully saturated rings. The second-order valence-electron chi connectivity index (χ2n) is 5.31. The van der Waals surface area contributed by atoms with Crippen LogP contribution < -0.4 is 0 Å². The Kier molecular flexibility index (Phi) is 5.39. The number of halogens is 1. The molecule has 0 saturated carbocycles. The summed E-state index contributed by atoms with van der Waals surface area (Å²) in [5, 5.41) is 0.942. The molecule has 26 heavy (non-hydrogen) atoms. The Morgan fingerprint density at radius 3 is 2.69 bits per heavy atom. The fourth-order valence-corrected chi connectivity index (χ4v) is 3.34. The van der Waals surface area contributed by atoms with E-state index in [0.29, 0.717) is 26.3 Å². The third-order valence-electron chi connectivity index (χ3n) is 3.60. The molecule has 2 heterocycles. The molecule has 1 saturated heterocycles. The molecular weight excluding hydrogens is 374 g/mol. The van der Waals surface area contributed by atoms with E-state index in [2.05, 4.69) is 14.7 Å². The molecule has 0 atom stereocenters. The van der Waals surface area contributed by atoms with Gasteiger partial charge in [0.1, 0.15) is 0 Å². The number of ether oxygens (including phenoxy) is 1. The first-order valence-electron chi connectivity index (χ1n) is 7.54. The number of aromatic nitrogens is 1. The van der Waals surface area contributed by atoms with Gasteiger partial charge in [-0.25, -0.2) is 9.79 Å². The van der Waals surface area contributed by atoms with Gasteiger partial charge >= 0.3 is 5.97 Å². The zero-order valence-corrected chi connectivity index (χ0v) is 15.5. The Hall–Kier alpha value is -2.64. The predicted octanol–water partition coefficient (Wildman–Crippen LogP) is 3.76. The van der Waals surface area contributed by atoms with E-state index in [9.17, 15) is 9.59 Å². The van der Waals surface area contributed by atoms with E-state index in [-0.39, 0.29) is 5.91 Å². The standard InChI is InChI=1S/C18H14ClN3O3S/c1-22-16(23)15(9-11-3-5-12(6-4-11)17(24)25-2)26-18(22)21-14-7-8-20-10-13(14)19/h3-10H,1-2H3/b15-9-,21-18?. The zero-order valence-electron chi connectivity index (χ0n) is 14.0. The molecule has 1 aliphatic rings. The third kappa shape index (κ3) is 3.79. The van der Waals surface area contributed by atoms with Gasteiger partial charge in [-0.15, -0.1) is 0 Å². The first-order chi connectivity index (χ1) is 12.5. The van der Waals surface area contributed by atoms with Gasteiger partial charge in [0.15, 0.2) is 5.17 Å². The monoisotopic (exact) mass is 387 g/mol. The smallest absolute Gasteiger partial charge is 0.337 e. The SMILES string of the molecule is COC(=O)c1ccc(/C=C2\SC(=Nc3ccncc3Cl)N(C)C2=O)cc1. The Balaban J connectivity index is 1.85. The van der Waals surface area contributed by atoms with Crippen LogP contribution in [0.5, 0.6) is 0 Å². The molecule has 1 amide bonds.